The third kappa shape index (κ3) is 4.42. The molecule has 124 valence electrons. The fourth-order valence-electron chi connectivity index (χ4n) is 2.97. The summed E-state index contributed by atoms with van der Waals surface area (Å²) in [6.07, 6.45) is 4.06. The van der Waals surface area contributed by atoms with Crippen molar-refractivity contribution in [2.75, 3.05) is 26.8 Å². The van der Waals surface area contributed by atoms with Crippen LogP contribution in [0.4, 0.5) is 4.39 Å². The molecule has 2 aromatic rings. The van der Waals surface area contributed by atoms with Gasteiger partial charge in [-0.3, -0.25) is 4.90 Å². The van der Waals surface area contributed by atoms with Crippen molar-refractivity contribution in [2.45, 2.75) is 19.4 Å². The summed E-state index contributed by atoms with van der Waals surface area (Å²) in [5, 5.41) is 2.65. The fourth-order valence-corrected chi connectivity index (χ4v) is 3.46. The maximum Gasteiger partial charge on any atom is 0.273 e. The molecular weight excluding hydrogens is 315 g/mol. The summed E-state index contributed by atoms with van der Waals surface area (Å²) in [6.45, 7) is 3.47. The Morgan fingerprint density at radius 3 is 3.09 bits per heavy atom. The van der Waals surface area contributed by atoms with Crippen molar-refractivity contribution < 1.29 is 13.9 Å². The molecule has 2 heterocycles. The molecule has 1 unspecified atom stereocenters. The first-order valence-corrected chi connectivity index (χ1v) is 8.69. The van der Waals surface area contributed by atoms with E-state index in [0.29, 0.717) is 18.3 Å². The minimum absolute atomic E-state index is 0.294. The molecule has 0 N–H and O–H groups in total. The van der Waals surface area contributed by atoms with Crippen molar-refractivity contribution in [3.8, 4) is 10.9 Å². The van der Waals surface area contributed by atoms with Crippen molar-refractivity contribution in [2.24, 2.45) is 5.92 Å². The lowest BCUT2D eigenvalue weighted by Gasteiger charge is -2.32. The van der Waals surface area contributed by atoms with Crippen LogP contribution in [0.25, 0.3) is 0 Å². The predicted molar refractivity (Wildman–Crippen MR) is 88.6 cm³/mol. The Hall–Kier alpha value is -1.66. The maximum atomic E-state index is 13.8. The standard InChI is InChI=1S/C17H21FN2O2S/c1-21-16-5-4-13(9-15(16)18)10-20-7-2-3-14(11-20)12-22-17-19-6-8-23-17/h4-6,8-9,14H,2-3,7,10-12H2,1H3. The lowest BCUT2D eigenvalue weighted by atomic mass is 9.98. The summed E-state index contributed by atoms with van der Waals surface area (Å²) in [5.41, 5.74) is 0.977. The summed E-state index contributed by atoms with van der Waals surface area (Å²) < 4.78 is 24.5. The van der Waals surface area contributed by atoms with Crippen molar-refractivity contribution in [1.29, 1.82) is 0 Å². The van der Waals surface area contributed by atoms with Gasteiger partial charge in [-0.15, -0.1) is 0 Å². The van der Waals surface area contributed by atoms with Crippen molar-refractivity contribution >= 4 is 11.3 Å². The zero-order valence-corrected chi connectivity index (χ0v) is 14.0. The van der Waals surface area contributed by atoms with Crippen LogP contribution in [0.1, 0.15) is 18.4 Å². The van der Waals surface area contributed by atoms with Crippen LogP contribution < -0.4 is 9.47 Å². The van der Waals surface area contributed by atoms with Gasteiger partial charge in [-0.25, -0.2) is 9.37 Å². The Bertz CT molecular complexity index is 621. The highest BCUT2D eigenvalue weighted by atomic mass is 32.1. The van der Waals surface area contributed by atoms with Gasteiger partial charge in [-0.2, -0.15) is 0 Å². The highest BCUT2D eigenvalue weighted by molar-refractivity contribution is 7.11. The Balaban J connectivity index is 1.53. The van der Waals surface area contributed by atoms with E-state index in [-0.39, 0.29) is 5.82 Å². The number of nitrogens with zero attached hydrogens (tertiary/aromatic N) is 2. The second-order valence-electron chi connectivity index (χ2n) is 5.82. The number of thiazole rings is 1. The number of benzene rings is 1. The highest BCUT2D eigenvalue weighted by Crippen LogP contribution is 2.23. The Kier molecular flexibility index (Phi) is 5.46. The van der Waals surface area contributed by atoms with Gasteiger partial charge in [0.15, 0.2) is 11.6 Å². The van der Waals surface area contributed by atoms with Gasteiger partial charge in [0.25, 0.3) is 5.19 Å². The van der Waals surface area contributed by atoms with Gasteiger partial charge in [-0.05, 0) is 37.1 Å². The molecule has 6 heteroatoms. The maximum absolute atomic E-state index is 13.8. The molecule has 0 radical (unpaired) electrons. The second kappa shape index (κ2) is 7.75. The van der Waals surface area contributed by atoms with Crippen LogP contribution in [0.5, 0.6) is 10.9 Å². The first-order chi connectivity index (χ1) is 11.2. The van der Waals surface area contributed by atoms with Crippen molar-refractivity contribution in [1.82, 2.24) is 9.88 Å². The van der Waals surface area contributed by atoms with Crippen LogP contribution >= 0.6 is 11.3 Å². The molecule has 0 aliphatic carbocycles. The number of ether oxygens (including phenoxy) is 2. The lowest BCUT2D eigenvalue weighted by Crippen LogP contribution is -2.37. The minimum atomic E-state index is -0.300. The van der Waals surface area contributed by atoms with Crippen LogP contribution in [0, 0.1) is 11.7 Å². The van der Waals surface area contributed by atoms with Crippen LogP contribution in [0.15, 0.2) is 29.8 Å². The van der Waals surface area contributed by atoms with Crippen LogP contribution in [-0.4, -0.2) is 36.7 Å². The minimum Gasteiger partial charge on any atom is -0.494 e. The van der Waals surface area contributed by atoms with E-state index in [1.165, 1.54) is 24.9 Å². The first kappa shape index (κ1) is 16.2. The third-order valence-electron chi connectivity index (χ3n) is 4.08. The zero-order valence-electron chi connectivity index (χ0n) is 13.2. The van der Waals surface area contributed by atoms with E-state index in [9.17, 15) is 4.39 Å². The van der Waals surface area contributed by atoms with E-state index in [1.807, 2.05) is 11.4 Å². The first-order valence-electron chi connectivity index (χ1n) is 7.81. The fraction of sp³-hybridized carbons (Fsp3) is 0.471. The topological polar surface area (TPSA) is 34.6 Å². The number of hydrogen-bond acceptors (Lipinski definition) is 5. The summed E-state index contributed by atoms with van der Waals surface area (Å²) in [7, 11) is 1.48. The van der Waals surface area contributed by atoms with Gasteiger partial charge in [0.05, 0.1) is 13.7 Å². The van der Waals surface area contributed by atoms with E-state index in [1.54, 1.807) is 18.3 Å². The number of hydrogen-bond donors (Lipinski definition) is 0. The highest BCUT2D eigenvalue weighted by Gasteiger charge is 2.21. The van der Waals surface area contributed by atoms with Crippen LogP contribution in [-0.2, 0) is 6.54 Å². The molecule has 4 nitrogen and oxygen atoms in total. The summed E-state index contributed by atoms with van der Waals surface area (Å²) in [5.74, 6) is 0.489. The van der Waals surface area contributed by atoms with E-state index >= 15 is 0 Å². The van der Waals surface area contributed by atoms with Crippen molar-refractivity contribution in [3.63, 3.8) is 0 Å². The summed E-state index contributed by atoms with van der Waals surface area (Å²) >= 11 is 1.52. The van der Waals surface area contributed by atoms with Gasteiger partial charge in [-0.1, -0.05) is 17.4 Å². The van der Waals surface area contributed by atoms with Crippen LogP contribution in [0.2, 0.25) is 0 Å². The van der Waals surface area contributed by atoms with Crippen molar-refractivity contribution in [3.05, 3.63) is 41.2 Å². The molecule has 0 amide bonds. The predicted octanol–water partition coefficient (Wildman–Crippen LogP) is 3.58. The summed E-state index contributed by atoms with van der Waals surface area (Å²) in [6, 6.07) is 5.18. The van der Waals surface area contributed by atoms with Crippen LogP contribution in [0.3, 0.4) is 0 Å². The average molecular weight is 336 g/mol. The zero-order chi connectivity index (χ0) is 16.1. The van der Waals surface area contributed by atoms with Gasteiger partial charge in [0.2, 0.25) is 0 Å². The molecule has 0 bridgehead atoms. The van der Waals surface area contributed by atoms with Gasteiger partial charge in [0, 0.05) is 30.6 Å². The number of piperidine rings is 1. The molecular formula is C17H21FN2O2S. The molecule has 1 saturated heterocycles. The molecule has 1 aromatic heterocycles. The SMILES string of the molecule is COc1ccc(CN2CCCC(COc3nccs3)C2)cc1F. The molecule has 3 rings (SSSR count). The molecule has 1 aliphatic rings. The van der Waals surface area contributed by atoms with E-state index in [4.69, 9.17) is 9.47 Å². The van der Waals surface area contributed by atoms with E-state index in [2.05, 4.69) is 9.88 Å². The largest absolute Gasteiger partial charge is 0.494 e. The van der Waals surface area contributed by atoms with Gasteiger partial charge < -0.3 is 9.47 Å². The smallest absolute Gasteiger partial charge is 0.273 e. The molecule has 1 aliphatic heterocycles. The molecule has 1 atom stereocenters. The summed E-state index contributed by atoms with van der Waals surface area (Å²) in [4.78, 5) is 6.50. The molecule has 0 saturated carbocycles. The Labute approximate surface area is 139 Å². The molecule has 1 fully saturated rings. The molecule has 23 heavy (non-hydrogen) atoms. The Morgan fingerprint density at radius 2 is 2.35 bits per heavy atom. The van der Waals surface area contributed by atoms with Gasteiger partial charge in [0.1, 0.15) is 0 Å². The average Bonchev–Trinajstić information content (AvgIpc) is 3.07. The normalized spacial score (nSPS) is 18.8. The van der Waals surface area contributed by atoms with E-state index in [0.717, 1.165) is 36.8 Å². The number of methoxy groups -OCH3 is 1. The Morgan fingerprint density at radius 1 is 1.43 bits per heavy atom. The van der Waals surface area contributed by atoms with E-state index < -0.39 is 0 Å². The number of likely N-dealkylation sites (tertiary alicyclic amines) is 1. The monoisotopic (exact) mass is 336 g/mol. The lowest BCUT2D eigenvalue weighted by molar-refractivity contribution is 0.125. The quantitative estimate of drug-likeness (QED) is 0.807. The molecule has 1 aromatic carbocycles. The van der Waals surface area contributed by atoms with Gasteiger partial charge >= 0.3 is 0 Å². The number of rotatable bonds is 6. The molecule has 0 spiro atoms. The second-order valence-corrected chi connectivity index (χ2v) is 6.68. The number of halogens is 1. The third-order valence-corrected chi connectivity index (χ3v) is 4.76. The number of aromatic nitrogens is 1.